The molecule has 0 N–H and O–H groups in total. The minimum Gasteiger partial charge on any atom is -0.543 e. The van der Waals surface area contributed by atoms with E-state index in [9.17, 15) is 19.5 Å². The number of fused-ring (bicyclic) bond motifs is 1. The molecule has 7 heteroatoms. The third-order valence-corrected chi connectivity index (χ3v) is 4.43. The van der Waals surface area contributed by atoms with Gasteiger partial charge in [0.1, 0.15) is 6.61 Å². The Kier molecular flexibility index (Phi) is 3.34. The van der Waals surface area contributed by atoms with Crippen molar-refractivity contribution in [1.29, 1.82) is 0 Å². The Hall–Kier alpha value is -1.50. The number of nitrogens with zero attached hydrogens (tertiary/aromatic N) is 1. The Morgan fingerprint density at radius 1 is 1.56 bits per heavy atom. The number of aliphatic carboxylic acids is 1. The highest BCUT2D eigenvalue weighted by Crippen LogP contribution is 2.43. The number of carbonyl (C=O) groups is 3. The molecule has 2 heterocycles. The number of carbonyl (C=O) groups excluding carboxylic acids is 3. The first-order valence-electron chi connectivity index (χ1n) is 5.45. The van der Waals surface area contributed by atoms with Gasteiger partial charge in [-0.05, 0) is 0 Å². The number of thioether (sulfide) groups is 1. The van der Waals surface area contributed by atoms with Crippen LogP contribution in [0.25, 0.3) is 0 Å². The molecule has 2 rings (SSSR count). The van der Waals surface area contributed by atoms with Gasteiger partial charge < -0.3 is 14.6 Å². The lowest BCUT2D eigenvalue weighted by Crippen LogP contribution is -2.61. The second kappa shape index (κ2) is 4.64. The van der Waals surface area contributed by atoms with E-state index >= 15 is 0 Å². The zero-order valence-corrected chi connectivity index (χ0v) is 10.8. The molecule has 18 heavy (non-hydrogen) atoms. The lowest BCUT2D eigenvalue weighted by Gasteiger charge is -2.49. The van der Waals surface area contributed by atoms with E-state index in [-0.39, 0.29) is 29.5 Å². The molecule has 2 atom stereocenters. The number of carboxylic acid groups (broad SMARTS) is 1. The summed E-state index contributed by atoms with van der Waals surface area (Å²) in [4.78, 5) is 34.8. The van der Waals surface area contributed by atoms with E-state index in [1.54, 1.807) is 6.92 Å². The lowest BCUT2D eigenvalue weighted by atomic mass is 9.98. The smallest absolute Gasteiger partial charge is 0.302 e. The summed E-state index contributed by atoms with van der Waals surface area (Å²) in [5.74, 6) is -1.88. The fourth-order valence-corrected chi connectivity index (χ4v) is 3.39. The van der Waals surface area contributed by atoms with Gasteiger partial charge in [0.25, 0.3) is 0 Å². The minimum absolute atomic E-state index is 0.115. The van der Waals surface area contributed by atoms with Crippen molar-refractivity contribution in [2.45, 2.75) is 19.2 Å². The first kappa shape index (κ1) is 12.9. The number of amides is 1. The highest BCUT2D eigenvalue weighted by molar-refractivity contribution is 8.00. The Balaban J connectivity index is 2.26. The summed E-state index contributed by atoms with van der Waals surface area (Å²) < 4.78 is 4.79. The van der Waals surface area contributed by atoms with Crippen LogP contribution >= 0.6 is 11.8 Å². The van der Waals surface area contributed by atoms with Crippen LogP contribution in [0.3, 0.4) is 0 Å². The molecule has 0 radical (unpaired) electrons. The molecule has 2 unspecified atom stereocenters. The molecular formula is C11H12NO5S-. The molecule has 0 aliphatic carbocycles. The first-order valence-corrected chi connectivity index (χ1v) is 6.49. The zero-order chi connectivity index (χ0) is 13.4. The molecule has 0 aromatic rings. The van der Waals surface area contributed by atoms with Gasteiger partial charge in [-0.3, -0.25) is 14.5 Å². The van der Waals surface area contributed by atoms with Gasteiger partial charge in [0.15, 0.2) is 0 Å². The van der Waals surface area contributed by atoms with Crippen LogP contribution in [-0.2, 0) is 19.1 Å². The van der Waals surface area contributed by atoms with Crippen molar-refractivity contribution in [1.82, 2.24) is 4.90 Å². The second-order valence-electron chi connectivity index (χ2n) is 4.22. The molecule has 98 valence electrons. The normalized spacial score (nSPS) is 26.6. The molecule has 0 saturated carbocycles. The molecule has 6 nitrogen and oxygen atoms in total. The van der Waals surface area contributed by atoms with E-state index in [0.29, 0.717) is 11.3 Å². The largest absolute Gasteiger partial charge is 0.543 e. The van der Waals surface area contributed by atoms with E-state index in [1.807, 2.05) is 0 Å². The molecular weight excluding hydrogens is 258 g/mol. The number of carboxylic acids is 1. The van der Waals surface area contributed by atoms with Crippen LogP contribution in [0.2, 0.25) is 0 Å². The maximum atomic E-state index is 11.7. The fourth-order valence-electron chi connectivity index (χ4n) is 2.03. The van der Waals surface area contributed by atoms with Crippen molar-refractivity contribution in [2.24, 2.45) is 5.92 Å². The minimum atomic E-state index is -1.40. The summed E-state index contributed by atoms with van der Waals surface area (Å²) in [5.41, 5.74) is 0.273. The van der Waals surface area contributed by atoms with Crippen molar-refractivity contribution in [3.63, 3.8) is 0 Å². The van der Waals surface area contributed by atoms with Crippen molar-refractivity contribution in [3.8, 4) is 0 Å². The Bertz CT molecular complexity index is 458. The average Bonchev–Trinajstić information content (AvgIpc) is 2.33. The quantitative estimate of drug-likeness (QED) is 0.488. The molecule has 1 amide bonds. The van der Waals surface area contributed by atoms with Crippen LogP contribution in [0.4, 0.5) is 0 Å². The molecule has 2 aliphatic heterocycles. The maximum Gasteiger partial charge on any atom is 0.302 e. The highest BCUT2D eigenvalue weighted by atomic mass is 32.2. The molecule has 1 saturated heterocycles. The molecule has 1 fully saturated rings. The number of β-lactam (4-membered cyclic amide) rings is 1. The summed E-state index contributed by atoms with van der Waals surface area (Å²) >= 11 is 1.47. The standard InChI is InChI=1S/C11H13NO5S/c1-5-9(14)12-8(11(15)16)7(3-17-6(2)13)4-18-10(5)12/h5,10H,3-4H2,1-2H3,(H,15,16)/p-1. The van der Waals surface area contributed by atoms with Crippen LogP contribution in [0, 0.1) is 5.92 Å². The third kappa shape index (κ3) is 1.98. The summed E-state index contributed by atoms with van der Waals surface area (Å²) in [7, 11) is 0. The van der Waals surface area contributed by atoms with Crippen molar-refractivity contribution >= 4 is 29.6 Å². The van der Waals surface area contributed by atoms with E-state index < -0.39 is 11.9 Å². The van der Waals surface area contributed by atoms with Gasteiger partial charge in [0.2, 0.25) is 5.91 Å². The van der Waals surface area contributed by atoms with E-state index in [1.165, 1.54) is 23.6 Å². The van der Waals surface area contributed by atoms with Gasteiger partial charge in [-0.25, -0.2) is 0 Å². The van der Waals surface area contributed by atoms with Gasteiger partial charge in [-0.2, -0.15) is 0 Å². The average molecular weight is 270 g/mol. The zero-order valence-electron chi connectivity index (χ0n) is 9.97. The van der Waals surface area contributed by atoms with Gasteiger partial charge in [0.05, 0.1) is 23.0 Å². The molecule has 0 spiro atoms. The molecule has 0 aromatic carbocycles. The SMILES string of the molecule is CC(=O)OCC1=C(C(=O)[O-])N2C(=O)C(C)C2SC1. The second-order valence-corrected chi connectivity index (χ2v) is 5.32. The Morgan fingerprint density at radius 3 is 2.78 bits per heavy atom. The third-order valence-electron chi connectivity index (χ3n) is 2.96. The fraction of sp³-hybridized carbons (Fsp3) is 0.545. The van der Waals surface area contributed by atoms with Crippen LogP contribution in [0.1, 0.15) is 13.8 Å². The predicted octanol–water partition coefficient (Wildman–Crippen LogP) is -0.895. The summed E-state index contributed by atoms with van der Waals surface area (Å²) in [6.07, 6.45) is 0. The van der Waals surface area contributed by atoms with Crippen LogP contribution < -0.4 is 5.11 Å². The van der Waals surface area contributed by atoms with Crippen LogP contribution in [-0.4, -0.2) is 40.5 Å². The van der Waals surface area contributed by atoms with Gasteiger partial charge in [-0.15, -0.1) is 11.8 Å². The van der Waals surface area contributed by atoms with E-state index in [2.05, 4.69) is 0 Å². The van der Waals surface area contributed by atoms with Gasteiger partial charge in [-0.1, -0.05) is 6.92 Å². The Morgan fingerprint density at radius 2 is 2.22 bits per heavy atom. The molecule has 2 aliphatic rings. The first-order chi connectivity index (χ1) is 8.43. The van der Waals surface area contributed by atoms with Crippen molar-refractivity contribution < 1.29 is 24.2 Å². The summed E-state index contributed by atoms with van der Waals surface area (Å²) in [6.45, 7) is 2.89. The number of rotatable bonds is 3. The van der Waals surface area contributed by atoms with Crippen molar-refractivity contribution in [3.05, 3.63) is 11.3 Å². The van der Waals surface area contributed by atoms with Crippen LogP contribution in [0.5, 0.6) is 0 Å². The van der Waals surface area contributed by atoms with Gasteiger partial charge >= 0.3 is 5.97 Å². The molecule has 0 aromatic heterocycles. The molecule has 0 bridgehead atoms. The van der Waals surface area contributed by atoms with Gasteiger partial charge in [0, 0.05) is 18.2 Å². The predicted molar refractivity (Wildman–Crippen MR) is 60.9 cm³/mol. The Labute approximate surface area is 108 Å². The number of hydrogen-bond donors (Lipinski definition) is 0. The number of hydrogen-bond acceptors (Lipinski definition) is 6. The number of esters is 1. The maximum absolute atomic E-state index is 11.7. The summed E-state index contributed by atoms with van der Waals surface area (Å²) in [6, 6.07) is 0. The summed E-state index contributed by atoms with van der Waals surface area (Å²) in [5, 5.41) is 11.0. The van der Waals surface area contributed by atoms with E-state index in [0.717, 1.165) is 0 Å². The topological polar surface area (TPSA) is 86.7 Å². The lowest BCUT2D eigenvalue weighted by molar-refractivity contribution is -0.301. The van der Waals surface area contributed by atoms with E-state index in [4.69, 9.17) is 4.74 Å². The highest BCUT2D eigenvalue weighted by Gasteiger charge is 2.49. The number of ether oxygens (including phenoxy) is 1. The monoisotopic (exact) mass is 270 g/mol. The van der Waals surface area contributed by atoms with Crippen molar-refractivity contribution in [2.75, 3.05) is 12.4 Å². The van der Waals surface area contributed by atoms with Crippen LogP contribution in [0.15, 0.2) is 11.3 Å².